The maximum atomic E-state index is 11.8. The topological polar surface area (TPSA) is 71.1 Å². The Bertz CT molecular complexity index is 588. The van der Waals surface area contributed by atoms with Crippen molar-refractivity contribution in [1.29, 1.82) is 0 Å². The van der Waals surface area contributed by atoms with Crippen molar-refractivity contribution in [2.24, 2.45) is 0 Å². The summed E-state index contributed by atoms with van der Waals surface area (Å²) in [6, 6.07) is 3.10. The molecule has 0 atom stereocenters. The number of methoxy groups -OCH3 is 2. The highest BCUT2D eigenvalue weighted by atomic mass is 16.6. The highest BCUT2D eigenvalue weighted by Gasteiger charge is 2.29. The minimum Gasteiger partial charge on any atom is -0.493 e. The van der Waals surface area contributed by atoms with E-state index in [4.69, 9.17) is 18.9 Å². The molecule has 106 valence electrons. The van der Waals surface area contributed by atoms with Crippen LogP contribution in [0, 0.1) is 0 Å². The molecule has 0 bridgehead atoms. The Labute approximate surface area is 115 Å². The summed E-state index contributed by atoms with van der Waals surface area (Å²) in [5, 5.41) is 0. The molecular weight excluding hydrogens is 264 g/mol. The Kier molecular flexibility index (Phi) is 3.93. The fraction of sp³-hybridized carbons (Fsp3) is 0.286. The van der Waals surface area contributed by atoms with Gasteiger partial charge >= 0.3 is 11.9 Å². The summed E-state index contributed by atoms with van der Waals surface area (Å²) in [7, 11) is 2.95. The third kappa shape index (κ3) is 2.45. The molecule has 0 saturated carbocycles. The number of rotatable bonds is 4. The lowest BCUT2D eigenvalue weighted by molar-refractivity contribution is -0.137. The summed E-state index contributed by atoms with van der Waals surface area (Å²) in [5.41, 5.74) is 0.791. The van der Waals surface area contributed by atoms with Crippen LogP contribution in [0.2, 0.25) is 0 Å². The lowest BCUT2D eigenvalue weighted by Gasteiger charge is -2.08. The molecule has 2 rings (SSSR count). The van der Waals surface area contributed by atoms with Gasteiger partial charge in [0, 0.05) is 5.56 Å². The van der Waals surface area contributed by atoms with Crippen LogP contribution in [0.15, 0.2) is 18.2 Å². The summed E-state index contributed by atoms with van der Waals surface area (Å²) in [4.78, 5) is 23.2. The molecule has 0 unspecified atom stereocenters. The fourth-order valence-corrected chi connectivity index (χ4v) is 1.86. The van der Waals surface area contributed by atoms with Gasteiger partial charge in [-0.1, -0.05) is 0 Å². The number of fused-ring (bicyclic) bond motifs is 1. The quantitative estimate of drug-likeness (QED) is 0.617. The van der Waals surface area contributed by atoms with Gasteiger partial charge in [-0.2, -0.15) is 0 Å². The van der Waals surface area contributed by atoms with Gasteiger partial charge in [-0.05, 0) is 19.1 Å². The second-order valence-electron chi connectivity index (χ2n) is 3.90. The molecule has 0 spiro atoms. The van der Waals surface area contributed by atoms with Gasteiger partial charge in [0.25, 0.3) is 0 Å². The second-order valence-corrected chi connectivity index (χ2v) is 3.90. The van der Waals surface area contributed by atoms with Gasteiger partial charge in [0.2, 0.25) is 0 Å². The number of cyclic esters (lactones) is 1. The van der Waals surface area contributed by atoms with Crippen molar-refractivity contribution in [3.05, 3.63) is 29.3 Å². The van der Waals surface area contributed by atoms with Gasteiger partial charge in [0.15, 0.2) is 11.5 Å². The van der Waals surface area contributed by atoms with Crippen molar-refractivity contribution in [1.82, 2.24) is 0 Å². The number of carbonyl (C=O) groups is 2. The highest BCUT2D eigenvalue weighted by Crippen LogP contribution is 2.38. The lowest BCUT2D eigenvalue weighted by Crippen LogP contribution is -2.01. The van der Waals surface area contributed by atoms with E-state index in [0.717, 1.165) is 6.08 Å². The molecule has 0 saturated heterocycles. The number of benzene rings is 1. The van der Waals surface area contributed by atoms with E-state index >= 15 is 0 Å². The van der Waals surface area contributed by atoms with E-state index in [2.05, 4.69) is 0 Å². The van der Waals surface area contributed by atoms with E-state index in [1.165, 1.54) is 20.3 Å². The Hall–Kier alpha value is -2.50. The smallest absolute Gasteiger partial charge is 0.344 e. The third-order valence-electron chi connectivity index (χ3n) is 2.75. The van der Waals surface area contributed by atoms with Gasteiger partial charge in [-0.3, -0.25) is 0 Å². The van der Waals surface area contributed by atoms with Gasteiger partial charge in [-0.15, -0.1) is 0 Å². The van der Waals surface area contributed by atoms with Gasteiger partial charge in [-0.25, -0.2) is 9.59 Å². The number of carbonyl (C=O) groups excluding carboxylic acids is 2. The maximum Gasteiger partial charge on any atom is 0.344 e. The minimum atomic E-state index is -0.571. The van der Waals surface area contributed by atoms with Crippen molar-refractivity contribution < 1.29 is 28.5 Å². The molecule has 1 aromatic rings. The lowest BCUT2D eigenvalue weighted by atomic mass is 10.1. The molecular formula is C14H14O6. The molecule has 6 nitrogen and oxygen atoms in total. The monoisotopic (exact) mass is 278 g/mol. The number of ether oxygens (including phenoxy) is 4. The van der Waals surface area contributed by atoms with Crippen LogP contribution in [0.5, 0.6) is 11.5 Å². The average molecular weight is 278 g/mol. The first kappa shape index (κ1) is 13.9. The minimum absolute atomic E-state index is 0.143. The zero-order valence-corrected chi connectivity index (χ0v) is 11.4. The van der Waals surface area contributed by atoms with E-state index in [1.54, 1.807) is 13.0 Å². The summed E-state index contributed by atoms with van der Waals surface area (Å²) < 4.78 is 20.1. The molecule has 1 heterocycles. The van der Waals surface area contributed by atoms with Crippen molar-refractivity contribution in [3.63, 3.8) is 0 Å². The largest absolute Gasteiger partial charge is 0.493 e. The average Bonchev–Trinajstić information content (AvgIpc) is 2.73. The number of esters is 2. The van der Waals surface area contributed by atoms with E-state index < -0.39 is 11.9 Å². The number of hydrogen-bond donors (Lipinski definition) is 0. The second kappa shape index (κ2) is 5.64. The molecule has 0 N–H and O–H groups in total. The first-order chi connectivity index (χ1) is 9.60. The summed E-state index contributed by atoms with van der Waals surface area (Å²) in [6.07, 6.45) is 1.14. The Morgan fingerprint density at radius 2 is 1.80 bits per heavy atom. The van der Waals surface area contributed by atoms with Crippen molar-refractivity contribution in [2.75, 3.05) is 20.8 Å². The van der Waals surface area contributed by atoms with Crippen LogP contribution < -0.4 is 9.47 Å². The predicted molar refractivity (Wildman–Crippen MR) is 69.6 cm³/mol. The van der Waals surface area contributed by atoms with Gasteiger partial charge < -0.3 is 18.9 Å². The van der Waals surface area contributed by atoms with Gasteiger partial charge in [0.05, 0.1) is 32.5 Å². The fourth-order valence-electron chi connectivity index (χ4n) is 1.86. The Morgan fingerprint density at radius 3 is 2.35 bits per heavy atom. The highest BCUT2D eigenvalue weighted by molar-refractivity contribution is 6.06. The molecule has 0 aliphatic carbocycles. The van der Waals surface area contributed by atoms with Crippen LogP contribution in [0.25, 0.3) is 5.76 Å². The van der Waals surface area contributed by atoms with Crippen molar-refractivity contribution >= 4 is 17.7 Å². The molecule has 0 radical (unpaired) electrons. The zero-order chi connectivity index (χ0) is 14.7. The summed E-state index contributed by atoms with van der Waals surface area (Å²) >= 11 is 0. The molecule has 1 aliphatic rings. The molecule has 20 heavy (non-hydrogen) atoms. The molecule has 6 heteroatoms. The van der Waals surface area contributed by atoms with E-state index in [0.29, 0.717) is 22.6 Å². The van der Waals surface area contributed by atoms with Crippen molar-refractivity contribution in [2.45, 2.75) is 6.92 Å². The van der Waals surface area contributed by atoms with Crippen LogP contribution >= 0.6 is 0 Å². The SMILES string of the molecule is CCOC(=O)/C=C1\OC(=O)c2cc(OC)c(OC)cc21. The van der Waals surface area contributed by atoms with Crippen LogP contribution in [-0.4, -0.2) is 32.8 Å². The first-order valence-corrected chi connectivity index (χ1v) is 5.97. The summed E-state index contributed by atoms with van der Waals surface area (Å²) in [5.74, 6) is -0.112. The zero-order valence-electron chi connectivity index (χ0n) is 11.4. The predicted octanol–water partition coefficient (Wildman–Crippen LogP) is 1.78. The van der Waals surface area contributed by atoms with Crippen LogP contribution in [0.1, 0.15) is 22.8 Å². The molecule has 0 aromatic heterocycles. The molecule has 0 fully saturated rings. The molecule has 1 aromatic carbocycles. The molecule has 0 amide bonds. The van der Waals surface area contributed by atoms with E-state index in [1.807, 2.05) is 0 Å². The third-order valence-corrected chi connectivity index (χ3v) is 2.75. The standard InChI is InChI=1S/C14H14O6/c1-4-19-13(15)7-10-8-5-11(17-2)12(18-3)6-9(8)14(16)20-10/h5-7H,4H2,1-3H3/b10-7-. The van der Waals surface area contributed by atoms with Crippen LogP contribution in [-0.2, 0) is 14.3 Å². The van der Waals surface area contributed by atoms with Gasteiger partial charge in [0.1, 0.15) is 5.76 Å². The maximum absolute atomic E-state index is 11.8. The number of hydrogen-bond acceptors (Lipinski definition) is 6. The normalized spacial score (nSPS) is 14.8. The first-order valence-electron chi connectivity index (χ1n) is 5.97. The van der Waals surface area contributed by atoms with E-state index in [-0.39, 0.29) is 12.4 Å². The Morgan fingerprint density at radius 1 is 1.20 bits per heavy atom. The molecule has 1 aliphatic heterocycles. The van der Waals surface area contributed by atoms with Crippen molar-refractivity contribution in [3.8, 4) is 11.5 Å². The van der Waals surface area contributed by atoms with Crippen LogP contribution in [0.3, 0.4) is 0 Å². The summed E-state index contributed by atoms with van der Waals surface area (Å²) in [6.45, 7) is 1.94. The van der Waals surface area contributed by atoms with E-state index in [9.17, 15) is 9.59 Å². The van der Waals surface area contributed by atoms with Crippen LogP contribution in [0.4, 0.5) is 0 Å². The Balaban J connectivity index is 2.47.